The molecule has 0 aliphatic heterocycles. The molecule has 1 aromatic heterocycles. The van der Waals surface area contributed by atoms with Crippen LogP contribution in [-0.2, 0) is 22.6 Å². The van der Waals surface area contributed by atoms with Crippen molar-refractivity contribution in [2.75, 3.05) is 0 Å². The Morgan fingerprint density at radius 3 is 2.38 bits per heavy atom. The van der Waals surface area contributed by atoms with Gasteiger partial charge in [0.25, 0.3) is 5.91 Å². The van der Waals surface area contributed by atoms with E-state index in [1.807, 2.05) is 30.3 Å². The Morgan fingerprint density at radius 1 is 1.02 bits per heavy atom. The summed E-state index contributed by atoms with van der Waals surface area (Å²) in [5.41, 5.74) is 8.31. The molecule has 5 rings (SSSR count). The van der Waals surface area contributed by atoms with Crippen LogP contribution >= 0.6 is 11.6 Å². The van der Waals surface area contributed by atoms with Gasteiger partial charge in [-0.1, -0.05) is 72.3 Å². The van der Waals surface area contributed by atoms with Gasteiger partial charge >= 0.3 is 5.97 Å². The van der Waals surface area contributed by atoms with E-state index >= 15 is 0 Å². The summed E-state index contributed by atoms with van der Waals surface area (Å²) in [6.07, 6.45) is 1.98. The number of hydrogen-bond acceptors (Lipinski definition) is 5. The Bertz CT molecular complexity index is 1550. The molecule has 2 atom stereocenters. The van der Waals surface area contributed by atoms with Gasteiger partial charge < -0.3 is 15.4 Å². The molecule has 0 saturated carbocycles. The van der Waals surface area contributed by atoms with Crippen LogP contribution in [0, 0.1) is 5.82 Å². The third-order valence-corrected chi connectivity index (χ3v) is 7.11. The highest BCUT2D eigenvalue weighted by Crippen LogP contribution is 2.43. The number of hydrogen-bond donors (Lipinski definition) is 1. The van der Waals surface area contributed by atoms with Gasteiger partial charge in [0.05, 0.1) is 11.6 Å². The predicted octanol–water partition coefficient (Wildman–Crippen LogP) is 5.59. The van der Waals surface area contributed by atoms with Gasteiger partial charge in [0.15, 0.2) is 0 Å². The molecule has 1 aliphatic carbocycles. The number of aromatic nitrogens is 1. The van der Waals surface area contributed by atoms with E-state index in [1.165, 1.54) is 29.3 Å². The second-order valence-electron chi connectivity index (χ2n) is 9.43. The number of fused-ring (bicyclic) bond motifs is 1. The lowest BCUT2D eigenvalue weighted by atomic mass is 9.98. The molecule has 40 heavy (non-hydrogen) atoms. The number of pyridine rings is 1. The number of nitrogens with two attached hydrogens (primary N) is 1. The molecule has 1 aliphatic rings. The summed E-state index contributed by atoms with van der Waals surface area (Å²) in [5.74, 6) is -2.41. The standard InChI is InChI=1S/C31H25ClFN3O4/c32-22-15-24-23(25(33)16-22)12-14-27(24)36(28(29(34)37)20-9-5-2-6-10-20)30(38)21-11-13-26(35-17-21)31(39)40-18-19-7-3-1-4-8-19/h1-11,13,15-17,27-28H,12,14,18H2,(H2,34,37)/t27-,28-/m1/s1. The Labute approximate surface area is 235 Å². The van der Waals surface area contributed by atoms with Crippen molar-refractivity contribution in [1.82, 2.24) is 9.88 Å². The van der Waals surface area contributed by atoms with Gasteiger partial charge in [-0.2, -0.15) is 0 Å². The number of benzene rings is 3. The summed E-state index contributed by atoms with van der Waals surface area (Å²) in [5, 5.41) is 0.186. The van der Waals surface area contributed by atoms with Gasteiger partial charge in [-0.15, -0.1) is 0 Å². The largest absolute Gasteiger partial charge is 0.456 e. The predicted molar refractivity (Wildman–Crippen MR) is 147 cm³/mol. The third-order valence-electron chi connectivity index (χ3n) is 6.89. The van der Waals surface area contributed by atoms with Crippen LogP contribution in [0.5, 0.6) is 0 Å². The zero-order valence-corrected chi connectivity index (χ0v) is 22.1. The zero-order chi connectivity index (χ0) is 28.2. The van der Waals surface area contributed by atoms with Gasteiger partial charge in [-0.25, -0.2) is 14.2 Å². The summed E-state index contributed by atoms with van der Waals surface area (Å²) in [6, 6.07) is 21.7. The first-order valence-corrected chi connectivity index (χ1v) is 13.0. The smallest absolute Gasteiger partial charge is 0.357 e. The maximum atomic E-state index is 14.8. The lowest BCUT2D eigenvalue weighted by molar-refractivity contribution is -0.123. The molecule has 0 bridgehead atoms. The molecule has 0 saturated heterocycles. The highest BCUT2D eigenvalue weighted by atomic mass is 35.5. The zero-order valence-electron chi connectivity index (χ0n) is 21.3. The normalized spacial score (nSPS) is 14.7. The third kappa shape index (κ3) is 5.58. The summed E-state index contributed by atoms with van der Waals surface area (Å²) in [7, 11) is 0. The van der Waals surface area contributed by atoms with Crippen LogP contribution in [0.25, 0.3) is 0 Å². The number of carbonyl (C=O) groups is 3. The second-order valence-corrected chi connectivity index (χ2v) is 9.87. The van der Waals surface area contributed by atoms with Gasteiger partial charge in [0, 0.05) is 11.2 Å². The first kappa shape index (κ1) is 27.0. The minimum atomic E-state index is -1.15. The summed E-state index contributed by atoms with van der Waals surface area (Å²) in [4.78, 5) is 45.0. The van der Waals surface area contributed by atoms with Crippen LogP contribution in [0.4, 0.5) is 4.39 Å². The molecular weight excluding hydrogens is 533 g/mol. The number of ether oxygens (including phenoxy) is 1. The summed E-state index contributed by atoms with van der Waals surface area (Å²) in [6.45, 7) is 0.0768. The number of nitrogens with zero attached hydrogens (tertiary/aromatic N) is 2. The monoisotopic (exact) mass is 557 g/mol. The molecule has 7 nitrogen and oxygen atoms in total. The SMILES string of the molecule is NC(=O)[C@@H](c1ccccc1)N(C(=O)c1ccc(C(=O)OCc2ccccc2)nc1)[C@@H]1CCc2c(F)cc(Cl)cc21. The molecule has 0 fully saturated rings. The van der Waals surface area contributed by atoms with Crippen LogP contribution < -0.4 is 5.73 Å². The van der Waals surface area contributed by atoms with Crippen molar-refractivity contribution in [2.45, 2.75) is 31.5 Å². The van der Waals surface area contributed by atoms with E-state index in [0.29, 0.717) is 29.5 Å². The summed E-state index contributed by atoms with van der Waals surface area (Å²) >= 11 is 6.18. The fourth-order valence-electron chi connectivity index (χ4n) is 5.03. The Hall–Kier alpha value is -4.56. The molecule has 9 heteroatoms. The average molecular weight is 558 g/mol. The van der Waals surface area contributed by atoms with E-state index < -0.39 is 35.7 Å². The lowest BCUT2D eigenvalue weighted by Crippen LogP contribution is -2.43. The van der Waals surface area contributed by atoms with E-state index in [0.717, 1.165) is 5.56 Å². The number of carbonyl (C=O) groups excluding carboxylic acids is 3. The second kappa shape index (κ2) is 11.7. The van der Waals surface area contributed by atoms with Crippen molar-refractivity contribution in [2.24, 2.45) is 5.73 Å². The maximum Gasteiger partial charge on any atom is 0.357 e. The van der Waals surface area contributed by atoms with Gasteiger partial charge in [0.2, 0.25) is 5.91 Å². The molecule has 2 amide bonds. The highest BCUT2D eigenvalue weighted by molar-refractivity contribution is 6.30. The number of primary amides is 1. The van der Waals surface area contributed by atoms with E-state index in [2.05, 4.69) is 4.98 Å². The first-order chi connectivity index (χ1) is 19.3. The molecule has 4 aromatic rings. The van der Waals surface area contributed by atoms with Crippen molar-refractivity contribution < 1.29 is 23.5 Å². The number of halogens is 2. The van der Waals surface area contributed by atoms with Crippen molar-refractivity contribution in [1.29, 1.82) is 0 Å². The number of esters is 1. The highest BCUT2D eigenvalue weighted by Gasteiger charge is 2.40. The molecule has 2 N–H and O–H groups in total. The molecule has 0 unspecified atom stereocenters. The number of rotatable bonds is 8. The molecule has 202 valence electrons. The quantitative estimate of drug-likeness (QED) is 0.285. The van der Waals surface area contributed by atoms with E-state index in [4.69, 9.17) is 22.1 Å². The van der Waals surface area contributed by atoms with Crippen LogP contribution in [-0.4, -0.2) is 27.7 Å². The van der Waals surface area contributed by atoms with Crippen LogP contribution in [0.15, 0.2) is 91.1 Å². The minimum absolute atomic E-state index is 0.0219. The maximum absolute atomic E-state index is 14.8. The van der Waals surface area contributed by atoms with E-state index in [1.54, 1.807) is 36.4 Å². The molecule has 0 spiro atoms. The van der Waals surface area contributed by atoms with Crippen LogP contribution in [0.1, 0.15) is 61.6 Å². The van der Waals surface area contributed by atoms with Crippen LogP contribution in [0.2, 0.25) is 5.02 Å². The van der Waals surface area contributed by atoms with Crippen molar-refractivity contribution in [3.05, 3.63) is 135 Å². The Balaban J connectivity index is 1.47. The van der Waals surface area contributed by atoms with Gasteiger partial charge in [0.1, 0.15) is 24.2 Å². The fourth-order valence-corrected chi connectivity index (χ4v) is 5.25. The average Bonchev–Trinajstić information content (AvgIpc) is 3.38. The molecule has 1 heterocycles. The molecule has 3 aromatic carbocycles. The fraction of sp³-hybridized carbons (Fsp3) is 0.161. The van der Waals surface area contributed by atoms with Crippen molar-refractivity contribution in [3.8, 4) is 0 Å². The minimum Gasteiger partial charge on any atom is -0.456 e. The first-order valence-electron chi connectivity index (χ1n) is 12.7. The van der Waals surface area contributed by atoms with E-state index in [-0.39, 0.29) is 22.9 Å². The molecular formula is C31H25ClFN3O4. The van der Waals surface area contributed by atoms with Gasteiger partial charge in [-0.05, 0) is 59.4 Å². The van der Waals surface area contributed by atoms with Crippen molar-refractivity contribution >= 4 is 29.4 Å². The molecule has 0 radical (unpaired) electrons. The van der Waals surface area contributed by atoms with Crippen LogP contribution in [0.3, 0.4) is 0 Å². The topological polar surface area (TPSA) is 103 Å². The van der Waals surface area contributed by atoms with E-state index in [9.17, 15) is 18.8 Å². The van der Waals surface area contributed by atoms with Crippen molar-refractivity contribution in [3.63, 3.8) is 0 Å². The Kier molecular flexibility index (Phi) is 7.89. The van der Waals surface area contributed by atoms with Gasteiger partial charge in [-0.3, -0.25) is 9.59 Å². The summed E-state index contributed by atoms with van der Waals surface area (Å²) < 4.78 is 20.1. The Morgan fingerprint density at radius 2 is 1.73 bits per heavy atom. The number of amides is 2. The lowest BCUT2D eigenvalue weighted by Gasteiger charge is -2.36.